The zero-order chi connectivity index (χ0) is 13.9. The first-order valence-electron chi connectivity index (χ1n) is 5.31. The van der Waals surface area contributed by atoms with E-state index in [2.05, 4.69) is 0 Å². The molecule has 0 radical (unpaired) electrons. The molecule has 3 N–H and O–H groups in total. The first-order valence-corrected chi connectivity index (χ1v) is 7.05. The van der Waals surface area contributed by atoms with E-state index < -0.39 is 16.8 Å². The van der Waals surface area contributed by atoms with Gasteiger partial charge >= 0.3 is 5.97 Å². The maximum Gasteiger partial charge on any atom is 0.321 e. The topological polar surface area (TPSA) is 63.3 Å². The average molecular weight is 308 g/mol. The number of halogens is 2. The van der Waals surface area contributed by atoms with Crippen LogP contribution in [0.3, 0.4) is 0 Å². The van der Waals surface area contributed by atoms with E-state index in [1.807, 2.05) is 12.1 Å². The monoisotopic (exact) mass is 307 g/mol. The molecule has 100 valence electrons. The lowest BCUT2D eigenvalue weighted by atomic mass is 10.1. The third kappa shape index (κ3) is 3.79. The van der Waals surface area contributed by atoms with Crippen LogP contribution >= 0.6 is 35.0 Å². The van der Waals surface area contributed by atoms with Crippen LogP contribution < -0.4 is 5.73 Å². The van der Waals surface area contributed by atoms with Crippen LogP contribution in [-0.4, -0.2) is 21.9 Å². The van der Waals surface area contributed by atoms with Gasteiger partial charge in [0.2, 0.25) is 0 Å². The largest absolute Gasteiger partial charge is 0.480 e. The number of aliphatic carboxylic acids is 1. The zero-order valence-corrected chi connectivity index (χ0v) is 12.4. The molecular weight excluding hydrogens is 293 g/mol. The predicted molar refractivity (Wildman–Crippen MR) is 77.4 cm³/mol. The molecule has 0 amide bonds. The summed E-state index contributed by atoms with van der Waals surface area (Å²) in [6.45, 7) is 3.60. The maximum absolute atomic E-state index is 10.9. The molecule has 0 saturated heterocycles. The maximum atomic E-state index is 10.9. The van der Waals surface area contributed by atoms with E-state index >= 15 is 0 Å². The fourth-order valence-corrected chi connectivity index (χ4v) is 2.83. The molecule has 0 aromatic heterocycles. The van der Waals surface area contributed by atoms with Crippen molar-refractivity contribution < 1.29 is 9.90 Å². The van der Waals surface area contributed by atoms with Crippen molar-refractivity contribution in [3.05, 3.63) is 33.8 Å². The third-order valence-corrected chi connectivity index (χ3v) is 4.96. The Morgan fingerprint density at radius 1 is 1.50 bits per heavy atom. The van der Waals surface area contributed by atoms with Gasteiger partial charge in [0, 0.05) is 10.5 Å². The second-order valence-electron chi connectivity index (χ2n) is 4.42. The number of nitrogens with two attached hydrogens (primary N) is 1. The Bertz CT molecular complexity index is 452. The van der Waals surface area contributed by atoms with Crippen LogP contribution in [0.5, 0.6) is 0 Å². The summed E-state index contributed by atoms with van der Waals surface area (Å²) >= 11 is 13.4. The molecule has 0 aliphatic rings. The molecule has 18 heavy (non-hydrogen) atoms. The van der Waals surface area contributed by atoms with Crippen LogP contribution in [0.25, 0.3) is 0 Å². The van der Waals surface area contributed by atoms with E-state index in [0.29, 0.717) is 15.8 Å². The van der Waals surface area contributed by atoms with Gasteiger partial charge in [-0.25, -0.2) is 0 Å². The van der Waals surface area contributed by atoms with Crippen LogP contribution in [0, 0.1) is 0 Å². The van der Waals surface area contributed by atoms with E-state index in [1.54, 1.807) is 19.9 Å². The van der Waals surface area contributed by atoms with Crippen molar-refractivity contribution >= 4 is 40.9 Å². The number of hydrogen-bond donors (Lipinski definition) is 2. The normalized spacial score (nSPS) is 13.4. The molecule has 0 unspecified atom stereocenters. The van der Waals surface area contributed by atoms with E-state index in [1.165, 1.54) is 11.8 Å². The highest BCUT2D eigenvalue weighted by molar-refractivity contribution is 7.99. The molecule has 0 spiro atoms. The van der Waals surface area contributed by atoms with Crippen molar-refractivity contribution in [2.45, 2.75) is 30.4 Å². The highest BCUT2D eigenvalue weighted by atomic mass is 35.5. The summed E-state index contributed by atoms with van der Waals surface area (Å²) in [5.41, 5.74) is 6.52. The molecule has 6 heteroatoms. The minimum atomic E-state index is -1.01. The van der Waals surface area contributed by atoms with Gasteiger partial charge in [-0.05, 0) is 25.5 Å². The van der Waals surface area contributed by atoms with E-state index in [9.17, 15) is 4.79 Å². The van der Waals surface area contributed by atoms with Gasteiger partial charge in [-0.2, -0.15) is 0 Å². The molecule has 0 aliphatic heterocycles. The Hall–Kier alpha value is -0.420. The Balaban J connectivity index is 2.76. The van der Waals surface area contributed by atoms with Gasteiger partial charge in [-0.3, -0.25) is 4.79 Å². The lowest BCUT2D eigenvalue weighted by molar-refractivity contribution is -0.139. The standard InChI is InChI=1S/C12H15Cl2NO2S/c1-12(2,10(15)11(16)17)18-6-7-4-3-5-8(13)9(7)14/h3-5,10H,6,15H2,1-2H3,(H,16,17)/t10-/m0/s1. The number of rotatable bonds is 5. The molecule has 1 atom stereocenters. The van der Waals surface area contributed by atoms with Crippen LogP contribution in [0.4, 0.5) is 0 Å². The molecule has 0 heterocycles. The SMILES string of the molecule is CC(C)(SCc1cccc(Cl)c1Cl)[C@@H](N)C(=O)O. The van der Waals surface area contributed by atoms with E-state index in [0.717, 1.165) is 5.56 Å². The number of benzene rings is 1. The molecule has 1 rings (SSSR count). The predicted octanol–water partition coefficient (Wildman–Crippen LogP) is 3.42. The Morgan fingerprint density at radius 3 is 2.67 bits per heavy atom. The smallest absolute Gasteiger partial charge is 0.321 e. The highest BCUT2D eigenvalue weighted by Gasteiger charge is 2.32. The van der Waals surface area contributed by atoms with Gasteiger partial charge in [0.15, 0.2) is 0 Å². The lowest BCUT2D eigenvalue weighted by Gasteiger charge is -2.28. The molecule has 0 aliphatic carbocycles. The summed E-state index contributed by atoms with van der Waals surface area (Å²) < 4.78 is -0.586. The van der Waals surface area contributed by atoms with Gasteiger partial charge in [0.05, 0.1) is 10.0 Å². The second-order valence-corrected chi connectivity index (χ2v) is 6.84. The van der Waals surface area contributed by atoms with Gasteiger partial charge in [-0.15, -0.1) is 11.8 Å². The quantitative estimate of drug-likeness (QED) is 0.875. The summed E-state index contributed by atoms with van der Waals surface area (Å²) in [6.07, 6.45) is 0. The lowest BCUT2D eigenvalue weighted by Crippen LogP contribution is -2.46. The third-order valence-electron chi connectivity index (χ3n) is 2.65. The Kier molecular flexibility index (Phi) is 5.34. The highest BCUT2D eigenvalue weighted by Crippen LogP contribution is 2.34. The van der Waals surface area contributed by atoms with Gasteiger partial charge in [-0.1, -0.05) is 35.3 Å². The van der Waals surface area contributed by atoms with Gasteiger partial charge < -0.3 is 10.8 Å². The number of carboxylic acid groups (broad SMARTS) is 1. The number of thioether (sulfide) groups is 1. The van der Waals surface area contributed by atoms with Crippen molar-refractivity contribution in [3.8, 4) is 0 Å². The first-order chi connectivity index (χ1) is 8.25. The summed E-state index contributed by atoms with van der Waals surface area (Å²) in [4.78, 5) is 10.9. The number of hydrogen-bond acceptors (Lipinski definition) is 3. The van der Waals surface area contributed by atoms with Gasteiger partial charge in [0.1, 0.15) is 6.04 Å². The van der Waals surface area contributed by atoms with Crippen LogP contribution in [0.1, 0.15) is 19.4 Å². The number of carboxylic acids is 1. The van der Waals surface area contributed by atoms with Gasteiger partial charge in [0.25, 0.3) is 0 Å². The van der Waals surface area contributed by atoms with E-state index in [4.69, 9.17) is 34.0 Å². The summed E-state index contributed by atoms with van der Waals surface area (Å²) in [7, 11) is 0. The molecular formula is C12H15Cl2NO2S. The fraction of sp³-hybridized carbons (Fsp3) is 0.417. The molecule has 0 fully saturated rings. The van der Waals surface area contributed by atoms with Crippen LogP contribution in [0.2, 0.25) is 10.0 Å². The minimum Gasteiger partial charge on any atom is -0.480 e. The van der Waals surface area contributed by atoms with Crippen molar-refractivity contribution in [2.75, 3.05) is 0 Å². The zero-order valence-electron chi connectivity index (χ0n) is 10.1. The Morgan fingerprint density at radius 2 is 2.11 bits per heavy atom. The van der Waals surface area contributed by atoms with Crippen molar-refractivity contribution in [2.24, 2.45) is 5.73 Å². The molecule has 0 saturated carbocycles. The first kappa shape index (κ1) is 15.6. The van der Waals surface area contributed by atoms with Crippen LogP contribution in [0.15, 0.2) is 18.2 Å². The molecule has 0 bridgehead atoms. The van der Waals surface area contributed by atoms with Crippen molar-refractivity contribution in [1.29, 1.82) is 0 Å². The summed E-state index contributed by atoms with van der Waals surface area (Å²) in [6, 6.07) is 4.46. The number of carbonyl (C=O) groups is 1. The minimum absolute atomic E-state index is 0.495. The molecule has 3 nitrogen and oxygen atoms in total. The second kappa shape index (κ2) is 6.15. The van der Waals surface area contributed by atoms with Crippen molar-refractivity contribution in [1.82, 2.24) is 0 Å². The van der Waals surface area contributed by atoms with E-state index in [-0.39, 0.29) is 0 Å². The summed E-state index contributed by atoms with van der Waals surface area (Å²) in [5, 5.41) is 9.93. The fourth-order valence-electron chi connectivity index (χ4n) is 1.31. The van der Waals surface area contributed by atoms with Crippen LogP contribution in [-0.2, 0) is 10.5 Å². The summed E-state index contributed by atoms with van der Waals surface area (Å²) in [5.74, 6) is -0.447. The molecule has 1 aromatic rings. The van der Waals surface area contributed by atoms with Crippen molar-refractivity contribution in [3.63, 3.8) is 0 Å². The average Bonchev–Trinajstić information content (AvgIpc) is 2.30. The Labute approximate surface area is 121 Å². The molecule has 1 aromatic carbocycles.